The molecule has 1 aromatic carbocycles. The van der Waals surface area contributed by atoms with Gasteiger partial charge in [0.1, 0.15) is 30.1 Å². The van der Waals surface area contributed by atoms with Crippen molar-refractivity contribution in [2.75, 3.05) is 44.2 Å². The van der Waals surface area contributed by atoms with E-state index in [1.807, 2.05) is 13.8 Å². The highest BCUT2D eigenvalue weighted by atomic mass is 16.5. The number of aliphatic hydroxyl groups is 1. The minimum Gasteiger partial charge on any atom is -0.490 e. The lowest BCUT2D eigenvalue weighted by Gasteiger charge is -2.36. The van der Waals surface area contributed by atoms with Gasteiger partial charge in [0.15, 0.2) is 0 Å². The van der Waals surface area contributed by atoms with E-state index in [0.717, 1.165) is 60.4 Å². The molecule has 164 valence electrons. The highest BCUT2D eigenvalue weighted by molar-refractivity contribution is 5.44. The molecule has 2 aromatic rings. The van der Waals surface area contributed by atoms with Crippen molar-refractivity contribution in [2.45, 2.75) is 53.6 Å². The standard InChI is InChI=1S/C24H36N4O2/c1-16(2)24-25-19(5)13-22(26-24)28-11-9-27(10-12-28)14-21(29)15-30-23-18(4)8-7-17(3)20(23)6/h7-8,13,16,21,29H,9-12,14-15H2,1-6H3. The number of hydrogen-bond donors (Lipinski definition) is 1. The first-order valence-corrected chi connectivity index (χ1v) is 10.9. The monoisotopic (exact) mass is 412 g/mol. The summed E-state index contributed by atoms with van der Waals surface area (Å²) in [6, 6.07) is 6.25. The fraction of sp³-hybridized carbons (Fsp3) is 0.583. The first-order valence-electron chi connectivity index (χ1n) is 10.9. The summed E-state index contributed by atoms with van der Waals surface area (Å²) in [5.41, 5.74) is 4.48. The lowest BCUT2D eigenvalue weighted by molar-refractivity contribution is 0.0658. The second-order valence-electron chi connectivity index (χ2n) is 8.79. The molecule has 0 radical (unpaired) electrons. The van der Waals surface area contributed by atoms with Crippen molar-refractivity contribution in [1.82, 2.24) is 14.9 Å². The summed E-state index contributed by atoms with van der Waals surface area (Å²) in [5.74, 6) is 3.14. The summed E-state index contributed by atoms with van der Waals surface area (Å²) in [5, 5.41) is 10.5. The van der Waals surface area contributed by atoms with E-state index < -0.39 is 6.10 Å². The molecule has 1 N–H and O–H groups in total. The summed E-state index contributed by atoms with van der Waals surface area (Å²) < 4.78 is 5.99. The van der Waals surface area contributed by atoms with Crippen molar-refractivity contribution in [3.63, 3.8) is 0 Å². The predicted octanol–water partition coefficient (Wildman–Crippen LogP) is 3.40. The predicted molar refractivity (Wildman–Crippen MR) is 122 cm³/mol. The van der Waals surface area contributed by atoms with Crippen LogP contribution in [0.5, 0.6) is 5.75 Å². The van der Waals surface area contributed by atoms with Crippen LogP contribution in [0.2, 0.25) is 0 Å². The zero-order valence-electron chi connectivity index (χ0n) is 19.3. The van der Waals surface area contributed by atoms with Gasteiger partial charge in [0.2, 0.25) is 0 Å². The molecule has 6 heteroatoms. The SMILES string of the molecule is Cc1cc(N2CCN(CC(O)COc3c(C)ccc(C)c3C)CC2)nc(C(C)C)n1. The summed E-state index contributed by atoms with van der Waals surface area (Å²) in [7, 11) is 0. The van der Waals surface area contributed by atoms with Crippen LogP contribution >= 0.6 is 0 Å². The van der Waals surface area contributed by atoms with Crippen LogP contribution in [0.25, 0.3) is 0 Å². The number of aliphatic hydroxyl groups excluding tert-OH is 1. The Hall–Kier alpha value is -2.18. The van der Waals surface area contributed by atoms with Crippen LogP contribution in [-0.2, 0) is 0 Å². The molecule has 1 aliphatic heterocycles. The van der Waals surface area contributed by atoms with E-state index in [-0.39, 0.29) is 0 Å². The second kappa shape index (κ2) is 9.75. The third-order valence-electron chi connectivity index (χ3n) is 5.83. The van der Waals surface area contributed by atoms with E-state index in [9.17, 15) is 5.11 Å². The van der Waals surface area contributed by atoms with Crippen LogP contribution in [0.4, 0.5) is 5.82 Å². The molecule has 1 unspecified atom stereocenters. The number of ether oxygens (including phenoxy) is 1. The first-order chi connectivity index (χ1) is 14.2. The summed E-state index contributed by atoms with van der Waals surface area (Å²) in [4.78, 5) is 13.9. The molecule has 3 rings (SSSR count). The molecule has 1 aliphatic rings. The van der Waals surface area contributed by atoms with Gasteiger partial charge < -0.3 is 14.7 Å². The van der Waals surface area contributed by atoms with Crippen molar-refractivity contribution in [1.29, 1.82) is 0 Å². The Morgan fingerprint density at radius 2 is 1.67 bits per heavy atom. The molecular formula is C24H36N4O2. The fourth-order valence-electron chi connectivity index (χ4n) is 3.83. The van der Waals surface area contributed by atoms with Gasteiger partial charge in [-0.2, -0.15) is 0 Å². The number of aromatic nitrogens is 2. The highest BCUT2D eigenvalue weighted by Gasteiger charge is 2.22. The maximum absolute atomic E-state index is 10.5. The topological polar surface area (TPSA) is 61.7 Å². The Morgan fingerprint density at radius 3 is 2.33 bits per heavy atom. The summed E-state index contributed by atoms with van der Waals surface area (Å²) in [6.45, 7) is 17.0. The molecular weight excluding hydrogens is 376 g/mol. The number of β-amino-alcohol motifs (C(OH)–C–C–N with tert-alkyl or cyclic N) is 1. The van der Waals surface area contributed by atoms with Crippen LogP contribution in [0.1, 0.15) is 48.0 Å². The zero-order valence-corrected chi connectivity index (χ0v) is 19.3. The molecule has 1 fully saturated rings. The molecule has 1 aromatic heterocycles. The van der Waals surface area contributed by atoms with Crippen molar-refractivity contribution in [3.05, 3.63) is 46.4 Å². The molecule has 0 saturated carbocycles. The first kappa shape index (κ1) is 22.5. The number of rotatable bonds is 7. The zero-order chi connectivity index (χ0) is 21.8. The van der Waals surface area contributed by atoms with E-state index in [1.54, 1.807) is 0 Å². The van der Waals surface area contributed by atoms with Crippen molar-refractivity contribution in [3.8, 4) is 5.75 Å². The van der Waals surface area contributed by atoms with Crippen LogP contribution in [0.15, 0.2) is 18.2 Å². The smallest absolute Gasteiger partial charge is 0.133 e. The Labute approximate surface area is 180 Å². The molecule has 0 amide bonds. The van der Waals surface area contributed by atoms with E-state index in [4.69, 9.17) is 9.72 Å². The average molecular weight is 413 g/mol. The Morgan fingerprint density at radius 1 is 1.00 bits per heavy atom. The molecule has 6 nitrogen and oxygen atoms in total. The Balaban J connectivity index is 1.51. The lowest BCUT2D eigenvalue weighted by Crippen LogP contribution is -2.49. The molecule has 30 heavy (non-hydrogen) atoms. The molecule has 0 aliphatic carbocycles. The van der Waals surface area contributed by atoms with Crippen LogP contribution < -0.4 is 9.64 Å². The fourth-order valence-corrected chi connectivity index (χ4v) is 3.83. The number of benzene rings is 1. The average Bonchev–Trinajstić information content (AvgIpc) is 2.71. The minimum atomic E-state index is -0.510. The molecule has 0 bridgehead atoms. The molecule has 0 spiro atoms. The van der Waals surface area contributed by atoms with Gasteiger partial charge in [0, 0.05) is 50.4 Å². The lowest BCUT2D eigenvalue weighted by atomic mass is 10.1. The van der Waals surface area contributed by atoms with E-state index in [1.165, 1.54) is 5.56 Å². The van der Waals surface area contributed by atoms with Gasteiger partial charge >= 0.3 is 0 Å². The van der Waals surface area contributed by atoms with Gasteiger partial charge in [-0.15, -0.1) is 0 Å². The summed E-state index contributed by atoms with van der Waals surface area (Å²) in [6.07, 6.45) is -0.510. The van der Waals surface area contributed by atoms with Gasteiger partial charge in [-0.05, 0) is 44.4 Å². The van der Waals surface area contributed by atoms with Crippen molar-refractivity contribution in [2.24, 2.45) is 0 Å². The van der Waals surface area contributed by atoms with Gasteiger partial charge in [-0.3, -0.25) is 4.90 Å². The van der Waals surface area contributed by atoms with Crippen molar-refractivity contribution >= 4 is 5.82 Å². The van der Waals surface area contributed by atoms with Crippen LogP contribution in [-0.4, -0.2) is 65.4 Å². The van der Waals surface area contributed by atoms with E-state index in [2.05, 4.69) is 60.7 Å². The van der Waals surface area contributed by atoms with Gasteiger partial charge in [0.05, 0.1) is 0 Å². The number of aryl methyl sites for hydroxylation is 3. The maximum Gasteiger partial charge on any atom is 0.133 e. The van der Waals surface area contributed by atoms with Crippen LogP contribution in [0, 0.1) is 27.7 Å². The van der Waals surface area contributed by atoms with E-state index in [0.29, 0.717) is 19.1 Å². The molecule has 1 atom stereocenters. The van der Waals surface area contributed by atoms with Gasteiger partial charge in [0.25, 0.3) is 0 Å². The third-order valence-corrected chi connectivity index (χ3v) is 5.83. The molecule has 2 heterocycles. The number of anilines is 1. The van der Waals surface area contributed by atoms with Crippen molar-refractivity contribution < 1.29 is 9.84 Å². The second-order valence-corrected chi connectivity index (χ2v) is 8.79. The van der Waals surface area contributed by atoms with E-state index >= 15 is 0 Å². The Bertz CT molecular complexity index is 861. The normalized spacial score (nSPS) is 16.2. The number of hydrogen-bond acceptors (Lipinski definition) is 6. The maximum atomic E-state index is 10.5. The largest absolute Gasteiger partial charge is 0.490 e. The van der Waals surface area contributed by atoms with Crippen LogP contribution in [0.3, 0.4) is 0 Å². The Kier molecular flexibility index (Phi) is 7.32. The third kappa shape index (κ3) is 5.49. The number of nitrogens with zero attached hydrogens (tertiary/aromatic N) is 4. The van der Waals surface area contributed by atoms with Gasteiger partial charge in [-0.1, -0.05) is 26.0 Å². The van der Waals surface area contributed by atoms with Gasteiger partial charge in [-0.25, -0.2) is 9.97 Å². The quantitative estimate of drug-likeness (QED) is 0.752. The highest BCUT2D eigenvalue weighted by Crippen LogP contribution is 2.26. The minimum absolute atomic E-state index is 0.314. The molecule has 1 saturated heterocycles. The number of piperazine rings is 1. The summed E-state index contributed by atoms with van der Waals surface area (Å²) >= 11 is 0.